The lowest BCUT2D eigenvalue weighted by Crippen LogP contribution is -2.16. The van der Waals surface area contributed by atoms with Crippen molar-refractivity contribution in [1.29, 1.82) is 0 Å². The Morgan fingerprint density at radius 1 is 0.630 bits per heavy atom. The van der Waals surface area contributed by atoms with Crippen LogP contribution in [0.4, 0.5) is 4.39 Å². The number of unbranched alkanes of at least 4 members (excludes halogenated alkanes) is 12. The molecule has 6 heteroatoms. The lowest BCUT2D eigenvalue weighted by molar-refractivity contribution is 0.0314. The van der Waals surface area contributed by atoms with Crippen molar-refractivity contribution in [2.45, 2.75) is 123 Å². The van der Waals surface area contributed by atoms with E-state index in [1.165, 1.54) is 69.9 Å². The number of benzene rings is 3. The van der Waals surface area contributed by atoms with Gasteiger partial charge in [-0.15, -0.1) is 0 Å². The Kier molecular flexibility index (Phi) is 16.9. The predicted molar refractivity (Wildman–Crippen MR) is 184 cm³/mol. The van der Waals surface area contributed by atoms with Crippen LogP contribution in [0.3, 0.4) is 0 Å². The summed E-state index contributed by atoms with van der Waals surface area (Å²) in [5, 5.41) is 0. The largest absolute Gasteiger partial charge is 0.494 e. The second kappa shape index (κ2) is 21.2. The Bertz CT molecular complexity index is 1300. The van der Waals surface area contributed by atoms with Gasteiger partial charge >= 0.3 is 11.9 Å². The van der Waals surface area contributed by atoms with Gasteiger partial charge in [-0.1, -0.05) is 115 Å². The number of ether oxygens (including phenoxy) is 3. The van der Waals surface area contributed by atoms with Crippen molar-refractivity contribution in [3.05, 3.63) is 83.7 Å². The van der Waals surface area contributed by atoms with E-state index in [0.29, 0.717) is 5.56 Å². The van der Waals surface area contributed by atoms with Crippen molar-refractivity contribution in [2.24, 2.45) is 0 Å². The molecule has 3 aromatic rings. The molecule has 0 bridgehead atoms. The maximum atomic E-state index is 14.7. The van der Waals surface area contributed by atoms with Gasteiger partial charge in [-0.05, 0) is 73.7 Å². The molecule has 5 nitrogen and oxygen atoms in total. The maximum absolute atomic E-state index is 14.7. The van der Waals surface area contributed by atoms with Crippen molar-refractivity contribution in [2.75, 3.05) is 6.61 Å². The van der Waals surface area contributed by atoms with E-state index >= 15 is 0 Å². The van der Waals surface area contributed by atoms with Crippen molar-refractivity contribution >= 4 is 11.9 Å². The van der Waals surface area contributed by atoms with Gasteiger partial charge in [0.1, 0.15) is 17.3 Å². The molecule has 0 N–H and O–H groups in total. The fourth-order valence-corrected chi connectivity index (χ4v) is 5.38. The quantitative estimate of drug-likeness (QED) is 0.0626. The molecule has 0 heterocycles. The number of rotatable bonds is 22. The molecule has 0 amide bonds. The van der Waals surface area contributed by atoms with Gasteiger partial charge in [0.25, 0.3) is 0 Å². The third-order valence-corrected chi connectivity index (χ3v) is 8.22. The fourth-order valence-electron chi connectivity index (χ4n) is 5.38. The van der Waals surface area contributed by atoms with E-state index in [2.05, 4.69) is 13.8 Å². The van der Waals surface area contributed by atoms with Crippen LogP contribution >= 0.6 is 0 Å². The molecular weight excluding hydrogens is 579 g/mol. The second-order valence-corrected chi connectivity index (χ2v) is 12.2. The number of hydrogen-bond acceptors (Lipinski definition) is 5. The number of carbonyl (C=O) groups excluding carboxylic acids is 2. The molecule has 0 aliphatic carbocycles. The third kappa shape index (κ3) is 13.4. The molecule has 1 unspecified atom stereocenters. The lowest BCUT2D eigenvalue weighted by atomic mass is 10.0. The highest BCUT2D eigenvalue weighted by molar-refractivity contribution is 5.92. The van der Waals surface area contributed by atoms with Crippen LogP contribution in [0.15, 0.2) is 66.7 Å². The smallest absolute Gasteiger partial charge is 0.343 e. The van der Waals surface area contributed by atoms with Crippen molar-refractivity contribution < 1.29 is 28.2 Å². The number of esters is 2. The van der Waals surface area contributed by atoms with Crippen LogP contribution in [0, 0.1) is 5.82 Å². The fraction of sp³-hybridized carbons (Fsp3) is 0.500. The molecule has 0 fully saturated rings. The zero-order valence-corrected chi connectivity index (χ0v) is 28.2. The van der Waals surface area contributed by atoms with Crippen LogP contribution in [0.2, 0.25) is 0 Å². The summed E-state index contributed by atoms with van der Waals surface area (Å²) in [4.78, 5) is 25.2. The molecule has 3 aromatic carbocycles. The van der Waals surface area contributed by atoms with E-state index in [1.54, 1.807) is 12.1 Å². The van der Waals surface area contributed by atoms with Crippen LogP contribution < -0.4 is 9.47 Å². The first kappa shape index (κ1) is 36.8. The van der Waals surface area contributed by atoms with Crippen molar-refractivity contribution in [3.63, 3.8) is 0 Å². The molecule has 0 spiro atoms. The van der Waals surface area contributed by atoms with Crippen LogP contribution in [0.5, 0.6) is 11.5 Å². The molecule has 0 radical (unpaired) electrons. The Morgan fingerprint density at radius 3 is 1.74 bits per heavy atom. The van der Waals surface area contributed by atoms with Gasteiger partial charge in [0.05, 0.1) is 23.8 Å². The normalized spacial score (nSPS) is 11.7. The van der Waals surface area contributed by atoms with Gasteiger partial charge in [-0.3, -0.25) is 0 Å². The van der Waals surface area contributed by atoms with Gasteiger partial charge in [0.15, 0.2) is 0 Å². The van der Waals surface area contributed by atoms with Gasteiger partial charge < -0.3 is 14.2 Å². The minimum Gasteiger partial charge on any atom is -0.494 e. The molecular formula is C40H53FO5. The molecule has 0 aliphatic rings. The Morgan fingerprint density at radius 2 is 1.15 bits per heavy atom. The van der Waals surface area contributed by atoms with E-state index in [0.717, 1.165) is 68.1 Å². The Hall–Kier alpha value is -3.67. The third-order valence-electron chi connectivity index (χ3n) is 8.22. The monoisotopic (exact) mass is 632 g/mol. The summed E-state index contributed by atoms with van der Waals surface area (Å²) in [5.41, 5.74) is 2.11. The highest BCUT2D eigenvalue weighted by Crippen LogP contribution is 2.25. The van der Waals surface area contributed by atoms with Gasteiger partial charge in [-0.25, -0.2) is 14.0 Å². The van der Waals surface area contributed by atoms with Crippen LogP contribution in [0.25, 0.3) is 11.1 Å². The summed E-state index contributed by atoms with van der Waals surface area (Å²) in [6.45, 7) is 6.93. The summed E-state index contributed by atoms with van der Waals surface area (Å²) in [5.74, 6) is -1.26. The lowest BCUT2D eigenvalue weighted by Gasteiger charge is -2.14. The Balaban J connectivity index is 1.40. The Labute approximate surface area is 275 Å². The zero-order valence-electron chi connectivity index (χ0n) is 28.2. The maximum Gasteiger partial charge on any atom is 0.343 e. The highest BCUT2D eigenvalue weighted by atomic mass is 19.1. The first-order valence-electron chi connectivity index (χ1n) is 17.5. The van der Waals surface area contributed by atoms with E-state index in [4.69, 9.17) is 14.2 Å². The van der Waals surface area contributed by atoms with Gasteiger partial charge in [0, 0.05) is 6.07 Å². The molecule has 3 rings (SSSR count). The summed E-state index contributed by atoms with van der Waals surface area (Å²) in [6.07, 6.45) is 17.8. The van der Waals surface area contributed by atoms with E-state index in [9.17, 15) is 14.0 Å². The minimum atomic E-state index is -0.792. The standard InChI is InChI=1S/C40H53FO5/c1-4-6-8-10-11-12-13-14-15-17-29-44-35-25-23-33(24-26-35)32-19-21-34(22-20-32)39(42)46-36-27-28-37(38(41)30-36)40(43)45-31(3)18-16-9-7-5-2/h19-28,30-31H,4-18,29H2,1-3H3. The molecule has 0 aromatic heterocycles. The summed E-state index contributed by atoms with van der Waals surface area (Å²) >= 11 is 0. The first-order valence-corrected chi connectivity index (χ1v) is 17.5. The topological polar surface area (TPSA) is 61.8 Å². The molecule has 1 atom stereocenters. The van der Waals surface area contributed by atoms with Crippen LogP contribution in [0.1, 0.15) is 138 Å². The molecule has 250 valence electrons. The van der Waals surface area contributed by atoms with E-state index < -0.39 is 17.8 Å². The SMILES string of the molecule is CCCCCCCCCCCCOc1ccc(-c2ccc(C(=O)Oc3ccc(C(=O)OC(C)CCCCCC)c(F)c3)cc2)cc1. The first-order chi connectivity index (χ1) is 22.4. The minimum absolute atomic E-state index is 0.0177. The summed E-state index contributed by atoms with van der Waals surface area (Å²) in [6, 6.07) is 18.7. The molecule has 46 heavy (non-hydrogen) atoms. The molecule has 0 aliphatic heterocycles. The van der Waals surface area contributed by atoms with Crippen molar-refractivity contribution in [1.82, 2.24) is 0 Å². The average Bonchev–Trinajstić information content (AvgIpc) is 3.06. The number of halogens is 1. The highest BCUT2D eigenvalue weighted by Gasteiger charge is 2.18. The molecule has 0 saturated heterocycles. The average molecular weight is 633 g/mol. The van der Waals surface area contributed by atoms with Crippen LogP contribution in [-0.4, -0.2) is 24.6 Å². The zero-order chi connectivity index (χ0) is 33.0. The number of carbonyl (C=O) groups is 2. The van der Waals surface area contributed by atoms with E-state index in [-0.39, 0.29) is 17.4 Å². The van der Waals surface area contributed by atoms with Gasteiger partial charge in [-0.2, -0.15) is 0 Å². The number of hydrogen-bond donors (Lipinski definition) is 0. The van der Waals surface area contributed by atoms with Crippen LogP contribution in [-0.2, 0) is 4.74 Å². The summed E-state index contributed by atoms with van der Waals surface area (Å²) in [7, 11) is 0. The predicted octanol–water partition coefficient (Wildman–Crippen LogP) is 11.5. The summed E-state index contributed by atoms with van der Waals surface area (Å²) < 4.78 is 31.4. The molecule has 0 saturated carbocycles. The van der Waals surface area contributed by atoms with E-state index in [1.807, 2.05) is 43.3 Å². The van der Waals surface area contributed by atoms with Crippen molar-refractivity contribution in [3.8, 4) is 22.6 Å². The van der Waals surface area contributed by atoms with Gasteiger partial charge in [0.2, 0.25) is 0 Å². The second-order valence-electron chi connectivity index (χ2n) is 12.2.